The highest BCUT2D eigenvalue weighted by Crippen LogP contribution is 2.32. The number of amides is 3. The van der Waals surface area contributed by atoms with E-state index in [0.29, 0.717) is 31.6 Å². The Kier molecular flexibility index (Phi) is 11.6. The highest BCUT2D eigenvalue weighted by molar-refractivity contribution is 6.38. The van der Waals surface area contributed by atoms with Crippen molar-refractivity contribution in [3.63, 3.8) is 0 Å². The molecule has 44 heavy (non-hydrogen) atoms. The van der Waals surface area contributed by atoms with Gasteiger partial charge in [0.1, 0.15) is 17.8 Å². The van der Waals surface area contributed by atoms with Gasteiger partial charge in [0, 0.05) is 19.9 Å². The lowest BCUT2D eigenvalue weighted by Crippen LogP contribution is -2.57. The van der Waals surface area contributed by atoms with Crippen molar-refractivity contribution in [3.8, 4) is 5.75 Å². The van der Waals surface area contributed by atoms with Crippen LogP contribution in [-0.2, 0) is 35.1 Å². The molecular weight excluding hydrogens is 562 g/mol. The predicted octanol–water partition coefficient (Wildman–Crippen LogP) is 3.67. The Bertz CT molecular complexity index is 1210. The van der Waals surface area contributed by atoms with Gasteiger partial charge in [0.25, 0.3) is 0 Å². The van der Waals surface area contributed by atoms with E-state index < -0.39 is 47.3 Å². The minimum Gasteiger partial charge on any atom is -0.494 e. The van der Waals surface area contributed by atoms with Gasteiger partial charge in [-0.2, -0.15) is 0 Å². The van der Waals surface area contributed by atoms with Crippen LogP contribution in [0.5, 0.6) is 5.75 Å². The Labute approximate surface area is 261 Å². The van der Waals surface area contributed by atoms with Crippen molar-refractivity contribution in [2.24, 2.45) is 5.92 Å². The molecule has 2 N–H and O–H groups in total. The van der Waals surface area contributed by atoms with Crippen molar-refractivity contribution < 1.29 is 33.4 Å². The Morgan fingerprint density at radius 1 is 1.11 bits per heavy atom. The molecule has 0 aromatic heterocycles. The molecule has 1 aliphatic carbocycles. The van der Waals surface area contributed by atoms with Crippen LogP contribution in [0.15, 0.2) is 24.3 Å². The van der Waals surface area contributed by atoms with E-state index >= 15 is 0 Å². The van der Waals surface area contributed by atoms with Crippen molar-refractivity contribution >= 4 is 29.3 Å². The lowest BCUT2D eigenvalue weighted by molar-refractivity contribution is -0.144. The average molecular weight is 612 g/mol. The van der Waals surface area contributed by atoms with Crippen LogP contribution in [0.25, 0.3) is 0 Å². The summed E-state index contributed by atoms with van der Waals surface area (Å²) in [6, 6.07) is 4.83. The Morgan fingerprint density at radius 2 is 1.86 bits per heavy atom. The lowest BCUT2D eigenvalue weighted by Gasteiger charge is -2.35. The number of rotatable bonds is 7. The maximum absolute atomic E-state index is 14.4. The summed E-state index contributed by atoms with van der Waals surface area (Å²) in [4.78, 5) is 67.7. The van der Waals surface area contributed by atoms with Gasteiger partial charge in [-0.05, 0) is 69.6 Å². The van der Waals surface area contributed by atoms with Crippen LogP contribution < -0.4 is 15.4 Å². The molecule has 1 saturated carbocycles. The molecule has 4 atom stereocenters. The molecule has 1 aromatic rings. The van der Waals surface area contributed by atoms with Gasteiger partial charge in [-0.25, -0.2) is 0 Å². The van der Waals surface area contributed by atoms with Gasteiger partial charge in [-0.15, -0.1) is 0 Å². The molecule has 242 valence electrons. The van der Waals surface area contributed by atoms with Crippen molar-refractivity contribution in [1.29, 1.82) is 0 Å². The topological polar surface area (TPSA) is 131 Å². The second-order valence-electron chi connectivity index (χ2n) is 13.2. The number of ether oxygens (including phenoxy) is 2. The second-order valence-corrected chi connectivity index (χ2v) is 13.2. The fourth-order valence-electron chi connectivity index (χ4n) is 6.83. The summed E-state index contributed by atoms with van der Waals surface area (Å²) in [7, 11) is 0. The van der Waals surface area contributed by atoms with Crippen LogP contribution >= 0.6 is 0 Å². The molecule has 2 heterocycles. The quantitative estimate of drug-likeness (QED) is 0.450. The first-order valence-corrected chi connectivity index (χ1v) is 16.3. The van der Waals surface area contributed by atoms with Crippen molar-refractivity contribution in [2.45, 2.75) is 128 Å². The van der Waals surface area contributed by atoms with Gasteiger partial charge >= 0.3 is 0 Å². The minimum absolute atomic E-state index is 0.0517. The summed E-state index contributed by atoms with van der Waals surface area (Å²) >= 11 is 0. The van der Waals surface area contributed by atoms with E-state index in [4.69, 9.17) is 9.47 Å². The smallest absolute Gasteiger partial charge is 0.246 e. The molecule has 1 saturated heterocycles. The van der Waals surface area contributed by atoms with Crippen LogP contribution in [-0.4, -0.2) is 77.2 Å². The molecule has 1 aromatic carbocycles. The first-order chi connectivity index (χ1) is 21.0. The summed E-state index contributed by atoms with van der Waals surface area (Å²) < 4.78 is 12.5. The van der Waals surface area contributed by atoms with Crippen LogP contribution in [0.4, 0.5) is 0 Å². The second kappa shape index (κ2) is 15.1. The number of carbonyl (C=O) groups excluding carboxylic acids is 5. The average Bonchev–Trinajstić information content (AvgIpc) is 3.40. The number of Topliss-reactive ketones (excluding diaryl/α,β-unsaturated/α-hetero) is 2. The predicted molar refractivity (Wildman–Crippen MR) is 165 cm³/mol. The number of benzene rings is 1. The first-order valence-electron chi connectivity index (χ1n) is 16.3. The van der Waals surface area contributed by atoms with Crippen LogP contribution in [0.3, 0.4) is 0 Å². The third-order valence-electron chi connectivity index (χ3n) is 9.05. The molecule has 2 aliphatic heterocycles. The normalized spacial score (nSPS) is 25.7. The molecule has 4 bridgehead atoms. The molecular formula is C34H49N3O7. The molecule has 0 radical (unpaired) electrons. The summed E-state index contributed by atoms with van der Waals surface area (Å²) in [6.07, 6.45) is 6.92. The van der Waals surface area contributed by atoms with Crippen LogP contribution in [0.1, 0.15) is 97.5 Å². The number of hydrogen-bond acceptors (Lipinski definition) is 7. The first kappa shape index (κ1) is 33.6. The summed E-state index contributed by atoms with van der Waals surface area (Å²) in [6.45, 7) is 7.74. The summed E-state index contributed by atoms with van der Waals surface area (Å²) in [5.74, 6) is -1.67. The van der Waals surface area contributed by atoms with E-state index in [9.17, 15) is 24.0 Å². The summed E-state index contributed by atoms with van der Waals surface area (Å²) in [5.41, 5.74) is 0.245. The van der Waals surface area contributed by atoms with Gasteiger partial charge in [0.15, 0.2) is 5.78 Å². The maximum atomic E-state index is 14.4. The van der Waals surface area contributed by atoms with E-state index in [0.717, 1.165) is 44.1 Å². The number of hydrogen-bond donors (Lipinski definition) is 2. The Morgan fingerprint density at radius 3 is 2.57 bits per heavy atom. The molecule has 2 unspecified atom stereocenters. The fourth-order valence-corrected chi connectivity index (χ4v) is 6.83. The van der Waals surface area contributed by atoms with Crippen molar-refractivity contribution in [3.05, 3.63) is 29.8 Å². The largest absolute Gasteiger partial charge is 0.494 e. The van der Waals surface area contributed by atoms with Crippen LogP contribution in [0.2, 0.25) is 0 Å². The van der Waals surface area contributed by atoms with Crippen molar-refractivity contribution in [1.82, 2.24) is 15.5 Å². The number of nitrogens with zero attached hydrogens (tertiary/aromatic N) is 1. The van der Waals surface area contributed by atoms with E-state index in [1.807, 2.05) is 45.0 Å². The van der Waals surface area contributed by atoms with E-state index in [2.05, 4.69) is 10.6 Å². The fraction of sp³-hybridized carbons (Fsp3) is 0.676. The van der Waals surface area contributed by atoms with Gasteiger partial charge in [0.05, 0.1) is 30.8 Å². The number of ketones is 2. The van der Waals surface area contributed by atoms with Gasteiger partial charge in [-0.3, -0.25) is 24.0 Å². The van der Waals surface area contributed by atoms with E-state index in [-0.39, 0.29) is 37.1 Å². The number of nitrogens with one attached hydrogen (secondary N) is 2. The lowest BCUT2D eigenvalue weighted by atomic mass is 9.83. The minimum atomic E-state index is -0.950. The molecule has 10 heteroatoms. The zero-order valence-electron chi connectivity index (χ0n) is 26.7. The highest BCUT2D eigenvalue weighted by atomic mass is 16.5. The third-order valence-corrected chi connectivity index (χ3v) is 9.05. The molecule has 3 aliphatic rings. The number of fused-ring (bicyclic) bond motifs is 4. The maximum Gasteiger partial charge on any atom is 0.246 e. The molecule has 2 fully saturated rings. The highest BCUT2D eigenvalue weighted by Gasteiger charge is 2.46. The molecule has 10 nitrogen and oxygen atoms in total. The molecule has 3 amide bonds. The monoisotopic (exact) mass is 611 g/mol. The van der Waals surface area contributed by atoms with Gasteiger partial charge in [0.2, 0.25) is 23.5 Å². The zero-order chi connectivity index (χ0) is 31.9. The summed E-state index contributed by atoms with van der Waals surface area (Å²) in [5, 5.41) is 5.83. The van der Waals surface area contributed by atoms with E-state index in [1.165, 1.54) is 6.92 Å². The van der Waals surface area contributed by atoms with Gasteiger partial charge < -0.3 is 25.0 Å². The standard InChI is InChI=1S/C34H49N3O7/c1-5-11-27(31(40)22(2)38)35-32(41)28-20-26-21-37(28)33(42)30(24-13-7-6-8-14-24)36-29(39)19-23-12-9-15-25(18-23)43-17-10-16-34(3,4)44-26/h9,12,15,18,24,26-28,30H,5-8,10-11,13-14,16-17,19-21H2,1-4H3,(H,35,41)(H,36,39)/t26-,27+,28?,30?/m1/s1. The molecule has 4 rings (SSSR count). The Balaban J connectivity index is 1.66. The Hall–Kier alpha value is -3.27. The molecule has 0 spiro atoms. The van der Waals surface area contributed by atoms with Crippen molar-refractivity contribution in [2.75, 3.05) is 13.2 Å². The van der Waals surface area contributed by atoms with E-state index in [1.54, 1.807) is 4.90 Å². The van der Waals surface area contributed by atoms with Gasteiger partial charge in [-0.1, -0.05) is 44.7 Å². The zero-order valence-corrected chi connectivity index (χ0v) is 26.7. The SMILES string of the molecule is CCC[C@H](NC(=O)C1C[C@@H]2CN1C(=O)C(C1CCCCC1)NC(=O)Cc1cccc(c1)OCCCC(C)(C)O2)C(=O)C(C)=O. The number of carbonyl (C=O) groups is 5. The van der Waals surface area contributed by atoms with Crippen LogP contribution in [0, 0.1) is 5.92 Å². The third kappa shape index (κ3) is 8.89.